The second-order valence-corrected chi connectivity index (χ2v) is 4.59. The number of nitrogens with one attached hydrogen (secondary N) is 1. The Labute approximate surface area is 124 Å². The standard InChI is InChI=1S/C14H18N4O.ClH/c1-11(15)9-13(19)17-14-16-7-8-18(14)10-12-5-3-2-4-6-12;/h2-8,11H,9-10,15H2,1H3,(H,16,17,19);1H. The van der Waals surface area contributed by atoms with E-state index in [2.05, 4.69) is 10.3 Å². The van der Waals surface area contributed by atoms with Gasteiger partial charge in [-0.25, -0.2) is 4.98 Å². The molecule has 2 aromatic rings. The molecule has 0 saturated heterocycles. The second-order valence-electron chi connectivity index (χ2n) is 4.59. The number of carbonyl (C=O) groups is 1. The molecule has 1 aromatic heterocycles. The highest BCUT2D eigenvalue weighted by Gasteiger charge is 2.09. The molecule has 3 N–H and O–H groups in total. The molecule has 1 heterocycles. The van der Waals surface area contributed by atoms with Crippen LogP contribution in [0.1, 0.15) is 18.9 Å². The van der Waals surface area contributed by atoms with Crippen LogP contribution in [0.25, 0.3) is 0 Å². The number of benzene rings is 1. The van der Waals surface area contributed by atoms with E-state index < -0.39 is 0 Å². The van der Waals surface area contributed by atoms with Crippen LogP contribution in [0.3, 0.4) is 0 Å². The maximum absolute atomic E-state index is 11.7. The Morgan fingerprint density at radius 3 is 2.75 bits per heavy atom. The Kier molecular flexibility index (Phi) is 6.21. The first-order chi connectivity index (χ1) is 9.15. The van der Waals surface area contributed by atoms with Gasteiger partial charge in [0.25, 0.3) is 0 Å². The normalized spacial score (nSPS) is 11.5. The molecule has 5 nitrogen and oxygen atoms in total. The topological polar surface area (TPSA) is 72.9 Å². The Morgan fingerprint density at radius 1 is 1.40 bits per heavy atom. The van der Waals surface area contributed by atoms with E-state index in [1.165, 1.54) is 0 Å². The highest BCUT2D eigenvalue weighted by molar-refractivity contribution is 5.89. The lowest BCUT2D eigenvalue weighted by molar-refractivity contribution is -0.116. The highest BCUT2D eigenvalue weighted by atomic mass is 35.5. The number of aromatic nitrogens is 2. The number of carbonyl (C=O) groups excluding carboxylic acids is 1. The Morgan fingerprint density at radius 2 is 2.10 bits per heavy atom. The molecule has 1 amide bonds. The van der Waals surface area contributed by atoms with E-state index in [9.17, 15) is 4.79 Å². The van der Waals surface area contributed by atoms with Crippen molar-refractivity contribution in [3.05, 3.63) is 48.3 Å². The fraction of sp³-hybridized carbons (Fsp3) is 0.286. The van der Waals surface area contributed by atoms with Gasteiger partial charge in [0.05, 0.1) is 6.54 Å². The van der Waals surface area contributed by atoms with Crippen LogP contribution in [0.15, 0.2) is 42.7 Å². The molecule has 0 aliphatic heterocycles. The Bertz CT molecular complexity index is 539. The number of nitrogens with two attached hydrogens (primary N) is 1. The molecule has 6 heteroatoms. The Balaban J connectivity index is 0.00000200. The molecule has 0 bridgehead atoms. The predicted molar refractivity (Wildman–Crippen MR) is 81.9 cm³/mol. The summed E-state index contributed by atoms with van der Waals surface area (Å²) in [6.07, 6.45) is 3.80. The average Bonchev–Trinajstić information content (AvgIpc) is 2.77. The molecular formula is C14H19ClN4O. The van der Waals surface area contributed by atoms with E-state index in [0.717, 1.165) is 5.56 Å². The van der Waals surface area contributed by atoms with Crippen LogP contribution in [0.5, 0.6) is 0 Å². The van der Waals surface area contributed by atoms with Gasteiger partial charge >= 0.3 is 0 Å². The number of amides is 1. The minimum Gasteiger partial charge on any atom is -0.327 e. The third-order valence-electron chi connectivity index (χ3n) is 2.67. The van der Waals surface area contributed by atoms with Crippen LogP contribution in [-0.2, 0) is 11.3 Å². The third kappa shape index (κ3) is 4.68. The van der Waals surface area contributed by atoms with Crippen molar-refractivity contribution in [2.45, 2.75) is 25.9 Å². The summed E-state index contributed by atoms with van der Waals surface area (Å²) in [6.45, 7) is 2.48. The van der Waals surface area contributed by atoms with Crippen molar-refractivity contribution in [3.8, 4) is 0 Å². The number of rotatable bonds is 5. The van der Waals surface area contributed by atoms with Crippen LogP contribution >= 0.6 is 12.4 Å². The molecule has 0 saturated carbocycles. The summed E-state index contributed by atoms with van der Waals surface area (Å²) in [5, 5.41) is 2.78. The van der Waals surface area contributed by atoms with Crippen LogP contribution in [0.4, 0.5) is 5.95 Å². The zero-order chi connectivity index (χ0) is 13.7. The van der Waals surface area contributed by atoms with Crippen molar-refractivity contribution in [3.63, 3.8) is 0 Å². The zero-order valence-electron chi connectivity index (χ0n) is 11.3. The van der Waals surface area contributed by atoms with E-state index in [1.807, 2.05) is 41.1 Å². The van der Waals surface area contributed by atoms with Gasteiger partial charge in [-0.15, -0.1) is 12.4 Å². The van der Waals surface area contributed by atoms with Crippen molar-refractivity contribution in [1.29, 1.82) is 0 Å². The largest absolute Gasteiger partial charge is 0.327 e. The van der Waals surface area contributed by atoms with E-state index in [0.29, 0.717) is 12.5 Å². The van der Waals surface area contributed by atoms with Crippen LogP contribution in [-0.4, -0.2) is 21.5 Å². The summed E-state index contributed by atoms with van der Waals surface area (Å²) < 4.78 is 1.90. The number of halogens is 1. The lowest BCUT2D eigenvalue weighted by atomic mass is 10.2. The maximum Gasteiger partial charge on any atom is 0.228 e. The summed E-state index contributed by atoms with van der Waals surface area (Å²) in [6, 6.07) is 9.86. The van der Waals surface area contributed by atoms with E-state index in [4.69, 9.17) is 5.73 Å². The van der Waals surface area contributed by atoms with E-state index in [1.54, 1.807) is 13.1 Å². The van der Waals surface area contributed by atoms with Crippen molar-refractivity contribution in [1.82, 2.24) is 9.55 Å². The predicted octanol–water partition coefficient (Wildman–Crippen LogP) is 2.03. The minimum atomic E-state index is -0.155. The molecular weight excluding hydrogens is 276 g/mol. The summed E-state index contributed by atoms with van der Waals surface area (Å²) in [5.74, 6) is 0.435. The third-order valence-corrected chi connectivity index (χ3v) is 2.67. The van der Waals surface area contributed by atoms with Gasteiger partial charge in [-0.3, -0.25) is 10.1 Å². The number of anilines is 1. The lowest BCUT2D eigenvalue weighted by Gasteiger charge is -2.10. The fourth-order valence-corrected chi connectivity index (χ4v) is 1.81. The van der Waals surface area contributed by atoms with Gasteiger partial charge in [0.1, 0.15) is 0 Å². The van der Waals surface area contributed by atoms with Crippen LogP contribution < -0.4 is 11.1 Å². The molecule has 2 rings (SSSR count). The number of imidazole rings is 1. The van der Waals surface area contributed by atoms with Gasteiger partial charge in [0, 0.05) is 24.9 Å². The number of nitrogens with zero attached hydrogens (tertiary/aromatic N) is 2. The van der Waals surface area contributed by atoms with Gasteiger partial charge in [0.15, 0.2) is 0 Å². The molecule has 1 aromatic carbocycles. The first-order valence-electron chi connectivity index (χ1n) is 6.25. The van der Waals surface area contributed by atoms with Gasteiger partial charge in [0.2, 0.25) is 11.9 Å². The average molecular weight is 295 g/mol. The minimum absolute atomic E-state index is 0. The van der Waals surface area contributed by atoms with Gasteiger partial charge in [-0.1, -0.05) is 30.3 Å². The SMILES string of the molecule is CC(N)CC(=O)Nc1nccn1Cc1ccccc1.Cl. The molecule has 1 unspecified atom stereocenters. The summed E-state index contributed by atoms with van der Waals surface area (Å²) in [5.41, 5.74) is 6.75. The van der Waals surface area contributed by atoms with Crippen molar-refractivity contribution in [2.75, 3.05) is 5.32 Å². The number of hydrogen-bond acceptors (Lipinski definition) is 3. The highest BCUT2D eigenvalue weighted by Crippen LogP contribution is 2.09. The summed E-state index contributed by atoms with van der Waals surface area (Å²) in [4.78, 5) is 15.8. The number of hydrogen-bond donors (Lipinski definition) is 2. The molecule has 20 heavy (non-hydrogen) atoms. The fourth-order valence-electron chi connectivity index (χ4n) is 1.81. The van der Waals surface area contributed by atoms with Crippen molar-refractivity contribution >= 4 is 24.3 Å². The summed E-state index contributed by atoms with van der Waals surface area (Å²) >= 11 is 0. The maximum atomic E-state index is 11.7. The molecule has 0 aliphatic carbocycles. The van der Waals surface area contributed by atoms with E-state index in [-0.39, 0.29) is 30.8 Å². The monoisotopic (exact) mass is 294 g/mol. The van der Waals surface area contributed by atoms with Gasteiger partial charge in [-0.05, 0) is 12.5 Å². The molecule has 0 aliphatic rings. The molecule has 1 atom stereocenters. The lowest BCUT2D eigenvalue weighted by Crippen LogP contribution is -2.25. The quantitative estimate of drug-likeness (QED) is 0.886. The molecule has 108 valence electrons. The Hall–Kier alpha value is -1.85. The van der Waals surface area contributed by atoms with Gasteiger partial charge in [-0.2, -0.15) is 0 Å². The molecule has 0 radical (unpaired) electrons. The van der Waals surface area contributed by atoms with E-state index >= 15 is 0 Å². The first kappa shape index (κ1) is 16.2. The molecule has 0 fully saturated rings. The van der Waals surface area contributed by atoms with Crippen LogP contribution in [0.2, 0.25) is 0 Å². The van der Waals surface area contributed by atoms with Crippen LogP contribution in [0, 0.1) is 0 Å². The zero-order valence-corrected chi connectivity index (χ0v) is 12.1. The second kappa shape index (κ2) is 7.67. The smallest absolute Gasteiger partial charge is 0.228 e. The molecule has 0 spiro atoms. The van der Waals surface area contributed by atoms with Gasteiger partial charge < -0.3 is 10.3 Å². The summed E-state index contributed by atoms with van der Waals surface area (Å²) in [7, 11) is 0. The van der Waals surface area contributed by atoms with Crippen molar-refractivity contribution < 1.29 is 4.79 Å². The first-order valence-corrected chi connectivity index (χ1v) is 6.25. The van der Waals surface area contributed by atoms with Crippen molar-refractivity contribution in [2.24, 2.45) is 5.73 Å².